The van der Waals surface area contributed by atoms with Gasteiger partial charge in [0, 0.05) is 11.9 Å². The van der Waals surface area contributed by atoms with Crippen LogP contribution in [0.3, 0.4) is 0 Å². The summed E-state index contributed by atoms with van der Waals surface area (Å²) in [6.45, 7) is 3.83. The summed E-state index contributed by atoms with van der Waals surface area (Å²) in [6.07, 6.45) is 1.89. The van der Waals surface area contributed by atoms with Gasteiger partial charge in [0.15, 0.2) is 0 Å². The highest BCUT2D eigenvalue weighted by atomic mass is 16.5. The molecular formula is C18H16N4O. The van der Waals surface area contributed by atoms with Crippen molar-refractivity contribution in [1.82, 2.24) is 10.1 Å². The average Bonchev–Trinajstić information content (AvgIpc) is 3.12. The van der Waals surface area contributed by atoms with Gasteiger partial charge in [-0.1, -0.05) is 23.4 Å². The van der Waals surface area contributed by atoms with Crippen molar-refractivity contribution >= 4 is 17.6 Å². The van der Waals surface area contributed by atoms with E-state index in [1.54, 1.807) is 0 Å². The number of aliphatic imine (C=N–C) groups is 1. The molecule has 1 aromatic carbocycles. The number of aryl methyl sites for hydroxylation is 2. The molecule has 5 heteroatoms. The predicted octanol–water partition coefficient (Wildman–Crippen LogP) is 4.22. The number of para-hydroxylation sites is 1. The number of nitrogens with zero attached hydrogens (tertiary/aromatic N) is 3. The number of rotatable bonds is 3. The third-order valence-corrected chi connectivity index (χ3v) is 3.95. The molecule has 2 aromatic heterocycles. The zero-order valence-corrected chi connectivity index (χ0v) is 12.9. The molecule has 1 N–H and O–H groups in total. The Labute approximate surface area is 134 Å². The SMILES string of the molecule is Cc1noc(C)c1-c1ccc2c(n1)C(Nc1ccccc1)C=N2. The van der Waals surface area contributed by atoms with Crippen LogP contribution >= 0.6 is 0 Å². The largest absolute Gasteiger partial charge is 0.372 e. The summed E-state index contributed by atoms with van der Waals surface area (Å²) in [5, 5.41) is 7.46. The summed E-state index contributed by atoms with van der Waals surface area (Å²) in [7, 11) is 0. The van der Waals surface area contributed by atoms with Gasteiger partial charge in [0.25, 0.3) is 0 Å². The molecule has 1 aliphatic heterocycles. The minimum Gasteiger partial charge on any atom is -0.372 e. The van der Waals surface area contributed by atoms with E-state index in [9.17, 15) is 0 Å². The average molecular weight is 304 g/mol. The van der Waals surface area contributed by atoms with Crippen LogP contribution in [0.5, 0.6) is 0 Å². The Bertz CT molecular complexity index is 864. The summed E-state index contributed by atoms with van der Waals surface area (Å²) in [4.78, 5) is 9.26. The van der Waals surface area contributed by atoms with E-state index >= 15 is 0 Å². The molecular weight excluding hydrogens is 288 g/mol. The molecule has 1 unspecified atom stereocenters. The van der Waals surface area contributed by atoms with E-state index in [0.29, 0.717) is 0 Å². The molecule has 0 bridgehead atoms. The molecule has 0 aliphatic carbocycles. The van der Waals surface area contributed by atoms with Crippen molar-refractivity contribution < 1.29 is 4.52 Å². The number of aromatic nitrogens is 2. The third-order valence-electron chi connectivity index (χ3n) is 3.95. The van der Waals surface area contributed by atoms with Crippen LogP contribution in [0.15, 0.2) is 52.0 Å². The zero-order valence-electron chi connectivity index (χ0n) is 12.9. The summed E-state index contributed by atoms with van der Waals surface area (Å²) in [6, 6.07) is 14.0. The molecule has 3 heterocycles. The van der Waals surface area contributed by atoms with Crippen LogP contribution < -0.4 is 5.32 Å². The normalized spacial score (nSPS) is 15.7. The number of fused-ring (bicyclic) bond motifs is 1. The van der Waals surface area contributed by atoms with E-state index in [0.717, 1.165) is 39.8 Å². The number of hydrogen-bond donors (Lipinski definition) is 1. The first-order valence-corrected chi connectivity index (χ1v) is 7.52. The van der Waals surface area contributed by atoms with E-state index in [4.69, 9.17) is 9.51 Å². The maximum atomic E-state index is 5.25. The van der Waals surface area contributed by atoms with Crippen molar-refractivity contribution in [3.63, 3.8) is 0 Å². The molecule has 23 heavy (non-hydrogen) atoms. The molecule has 0 fully saturated rings. The Morgan fingerprint density at radius 1 is 1.04 bits per heavy atom. The second kappa shape index (κ2) is 5.35. The van der Waals surface area contributed by atoms with Crippen LogP contribution in [0.1, 0.15) is 23.2 Å². The second-order valence-electron chi connectivity index (χ2n) is 5.57. The van der Waals surface area contributed by atoms with Crippen LogP contribution in [0.25, 0.3) is 11.3 Å². The van der Waals surface area contributed by atoms with Crippen molar-refractivity contribution in [2.75, 3.05) is 5.32 Å². The van der Waals surface area contributed by atoms with Gasteiger partial charge in [-0.2, -0.15) is 0 Å². The third kappa shape index (κ3) is 2.40. The maximum Gasteiger partial charge on any atom is 0.143 e. The summed E-state index contributed by atoms with van der Waals surface area (Å²) in [5.41, 5.74) is 5.53. The molecule has 0 radical (unpaired) electrons. The fourth-order valence-electron chi connectivity index (χ4n) is 2.84. The minimum absolute atomic E-state index is 0.0344. The number of nitrogens with one attached hydrogen (secondary N) is 1. The van der Waals surface area contributed by atoms with Crippen LogP contribution in [0.2, 0.25) is 0 Å². The molecule has 1 aliphatic rings. The van der Waals surface area contributed by atoms with Crippen LogP contribution in [-0.4, -0.2) is 16.4 Å². The molecule has 5 nitrogen and oxygen atoms in total. The standard InChI is InChI=1S/C18H16N4O/c1-11-17(12(2)23-22-11)14-8-9-15-18(21-14)16(10-19-15)20-13-6-4-3-5-7-13/h3-10,16,20H,1-2H3. The first kappa shape index (κ1) is 13.7. The monoisotopic (exact) mass is 304 g/mol. The highest BCUT2D eigenvalue weighted by Gasteiger charge is 2.23. The Morgan fingerprint density at radius 2 is 1.87 bits per heavy atom. The summed E-state index contributed by atoms with van der Waals surface area (Å²) < 4.78 is 5.25. The summed E-state index contributed by atoms with van der Waals surface area (Å²) >= 11 is 0. The second-order valence-corrected chi connectivity index (χ2v) is 5.57. The van der Waals surface area contributed by atoms with Crippen molar-refractivity contribution in [3.05, 3.63) is 59.6 Å². The van der Waals surface area contributed by atoms with E-state index in [1.807, 2.05) is 62.5 Å². The lowest BCUT2D eigenvalue weighted by Crippen LogP contribution is -2.11. The Morgan fingerprint density at radius 3 is 2.61 bits per heavy atom. The fourth-order valence-corrected chi connectivity index (χ4v) is 2.84. The van der Waals surface area contributed by atoms with Crippen molar-refractivity contribution in [2.45, 2.75) is 19.9 Å². The quantitative estimate of drug-likeness (QED) is 0.786. The topological polar surface area (TPSA) is 63.3 Å². The van der Waals surface area contributed by atoms with E-state index in [2.05, 4.69) is 15.5 Å². The van der Waals surface area contributed by atoms with E-state index < -0.39 is 0 Å². The molecule has 0 amide bonds. The number of pyridine rings is 1. The van der Waals surface area contributed by atoms with Gasteiger partial charge in [0.05, 0.1) is 28.3 Å². The van der Waals surface area contributed by atoms with Gasteiger partial charge in [-0.25, -0.2) is 4.98 Å². The first-order chi connectivity index (χ1) is 11.2. The van der Waals surface area contributed by atoms with Gasteiger partial charge >= 0.3 is 0 Å². The van der Waals surface area contributed by atoms with Gasteiger partial charge < -0.3 is 9.84 Å². The molecule has 114 valence electrons. The lowest BCUT2D eigenvalue weighted by atomic mass is 10.1. The van der Waals surface area contributed by atoms with E-state index in [1.165, 1.54) is 0 Å². The Hall–Kier alpha value is -2.95. The molecule has 0 saturated carbocycles. The smallest absolute Gasteiger partial charge is 0.143 e. The van der Waals surface area contributed by atoms with Crippen LogP contribution in [-0.2, 0) is 0 Å². The van der Waals surface area contributed by atoms with Gasteiger partial charge in [-0.3, -0.25) is 4.99 Å². The van der Waals surface area contributed by atoms with Crippen molar-refractivity contribution in [3.8, 4) is 11.3 Å². The molecule has 0 spiro atoms. The molecule has 1 atom stereocenters. The van der Waals surface area contributed by atoms with Crippen LogP contribution in [0, 0.1) is 13.8 Å². The number of anilines is 1. The van der Waals surface area contributed by atoms with Gasteiger partial charge in [-0.05, 0) is 38.1 Å². The van der Waals surface area contributed by atoms with E-state index in [-0.39, 0.29) is 6.04 Å². The highest BCUT2D eigenvalue weighted by molar-refractivity contribution is 5.83. The van der Waals surface area contributed by atoms with Crippen LogP contribution in [0.4, 0.5) is 11.4 Å². The molecule has 3 aromatic rings. The minimum atomic E-state index is -0.0344. The summed E-state index contributed by atoms with van der Waals surface area (Å²) in [5.74, 6) is 0.779. The number of benzene rings is 1. The zero-order chi connectivity index (χ0) is 15.8. The maximum absolute atomic E-state index is 5.25. The molecule has 4 rings (SSSR count). The lowest BCUT2D eigenvalue weighted by molar-refractivity contribution is 0.393. The van der Waals surface area contributed by atoms with Gasteiger partial charge in [0.2, 0.25) is 0 Å². The van der Waals surface area contributed by atoms with Crippen molar-refractivity contribution in [1.29, 1.82) is 0 Å². The first-order valence-electron chi connectivity index (χ1n) is 7.52. The van der Waals surface area contributed by atoms with Gasteiger partial charge in [0.1, 0.15) is 11.8 Å². The molecule has 0 saturated heterocycles. The van der Waals surface area contributed by atoms with Crippen molar-refractivity contribution in [2.24, 2.45) is 4.99 Å². The lowest BCUT2D eigenvalue weighted by Gasteiger charge is -2.13. The predicted molar refractivity (Wildman–Crippen MR) is 90.2 cm³/mol. The van der Waals surface area contributed by atoms with Gasteiger partial charge in [-0.15, -0.1) is 0 Å². The Kier molecular flexibility index (Phi) is 3.19. The number of hydrogen-bond acceptors (Lipinski definition) is 5. The fraction of sp³-hybridized carbons (Fsp3) is 0.167. The highest BCUT2D eigenvalue weighted by Crippen LogP contribution is 2.34. The Balaban J connectivity index is 1.71.